The summed E-state index contributed by atoms with van der Waals surface area (Å²) >= 11 is 7.39. The molecule has 0 radical (unpaired) electrons. The Morgan fingerprint density at radius 2 is 1.83 bits per heavy atom. The van der Waals surface area contributed by atoms with Gasteiger partial charge in [0.15, 0.2) is 6.61 Å². The second-order valence-electron chi connectivity index (χ2n) is 5.17. The fourth-order valence-electron chi connectivity index (χ4n) is 1.87. The third-order valence-electron chi connectivity index (χ3n) is 3.12. The van der Waals surface area contributed by atoms with E-state index in [2.05, 4.69) is 5.32 Å². The molecule has 4 nitrogen and oxygen atoms in total. The summed E-state index contributed by atoms with van der Waals surface area (Å²) in [6.45, 7) is 1.71. The van der Waals surface area contributed by atoms with E-state index in [1.807, 2.05) is 31.2 Å². The average molecular weight is 364 g/mol. The first-order valence-electron chi connectivity index (χ1n) is 7.38. The minimum absolute atomic E-state index is 0.202. The molecule has 0 unspecified atom stereocenters. The van der Waals surface area contributed by atoms with Crippen LogP contribution < -0.4 is 5.32 Å². The van der Waals surface area contributed by atoms with E-state index < -0.39 is 11.9 Å². The van der Waals surface area contributed by atoms with E-state index in [1.54, 1.807) is 24.3 Å². The maximum absolute atomic E-state index is 11.7. The van der Waals surface area contributed by atoms with Crippen LogP contribution in [-0.2, 0) is 20.1 Å². The Labute approximate surface area is 150 Å². The first kappa shape index (κ1) is 18.4. The predicted molar refractivity (Wildman–Crippen MR) is 98.4 cm³/mol. The van der Waals surface area contributed by atoms with Crippen molar-refractivity contribution in [1.82, 2.24) is 0 Å². The van der Waals surface area contributed by atoms with E-state index in [1.165, 1.54) is 17.3 Å². The Hall–Kier alpha value is -1.98. The van der Waals surface area contributed by atoms with E-state index in [-0.39, 0.29) is 12.4 Å². The topological polar surface area (TPSA) is 55.4 Å². The number of benzene rings is 2. The molecule has 0 saturated carbocycles. The van der Waals surface area contributed by atoms with Gasteiger partial charge in [0.05, 0.1) is 16.5 Å². The van der Waals surface area contributed by atoms with Crippen molar-refractivity contribution in [1.29, 1.82) is 0 Å². The number of para-hydroxylation sites is 1. The van der Waals surface area contributed by atoms with Crippen molar-refractivity contribution in [3.05, 3.63) is 64.7 Å². The van der Waals surface area contributed by atoms with Gasteiger partial charge in [-0.05, 0) is 24.6 Å². The highest BCUT2D eigenvalue weighted by atomic mass is 35.5. The molecule has 0 heterocycles. The number of halogens is 1. The molecule has 1 amide bonds. The molecule has 6 heteroatoms. The minimum atomic E-state index is -0.417. The molecule has 0 aliphatic rings. The van der Waals surface area contributed by atoms with Crippen molar-refractivity contribution in [3.63, 3.8) is 0 Å². The Balaban J connectivity index is 1.66. The smallest absolute Gasteiger partial charge is 0.316 e. The molecule has 0 spiro atoms. The van der Waals surface area contributed by atoms with E-state index >= 15 is 0 Å². The van der Waals surface area contributed by atoms with Crippen LogP contribution in [0.15, 0.2) is 48.5 Å². The maximum Gasteiger partial charge on any atom is 0.316 e. The van der Waals surface area contributed by atoms with Gasteiger partial charge in [0.1, 0.15) is 0 Å². The van der Waals surface area contributed by atoms with Crippen LogP contribution in [0, 0.1) is 6.92 Å². The largest absolute Gasteiger partial charge is 0.455 e. The summed E-state index contributed by atoms with van der Waals surface area (Å²) in [5, 5.41) is 3.03. The second kappa shape index (κ2) is 9.35. The minimum Gasteiger partial charge on any atom is -0.455 e. The van der Waals surface area contributed by atoms with Crippen molar-refractivity contribution in [2.45, 2.75) is 12.7 Å². The quantitative estimate of drug-likeness (QED) is 0.753. The summed E-state index contributed by atoms with van der Waals surface area (Å²) in [4.78, 5) is 23.4. The van der Waals surface area contributed by atoms with Crippen molar-refractivity contribution in [2.24, 2.45) is 0 Å². The third-order valence-corrected chi connectivity index (χ3v) is 4.43. The SMILES string of the molecule is Cc1ccc(CSCC(=O)OCC(=O)Nc2ccccc2Cl)cc1. The zero-order chi connectivity index (χ0) is 17.4. The number of nitrogens with one attached hydrogen (secondary N) is 1. The molecule has 0 bridgehead atoms. The molecule has 0 aromatic heterocycles. The van der Waals surface area contributed by atoms with Crippen LogP contribution in [0.1, 0.15) is 11.1 Å². The molecule has 0 aliphatic carbocycles. The van der Waals surface area contributed by atoms with Gasteiger partial charge in [-0.2, -0.15) is 0 Å². The van der Waals surface area contributed by atoms with Crippen molar-refractivity contribution >= 4 is 40.9 Å². The number of anilines is 1. The first-order valence-corrected chi connectivity index (χ1v) is 8.91. The number of thioether (sulfide) groups is 1. The number of carbonyl (C=O) groups is 2. The molecule has 0 aliphatic heterocycles. The van der Waals surface area contributed by atoms with Gasteiger partial charge < -0.3 is 10.1 Å². The maximum atomic E-state index is 11.7. The molecule has 126 valence electrons. The number of rotatable bonds is 7. The van der Waals surface area contributed by atoms with Gasteiger partial charge in [-0.25, -0.2) is 0 Å². The summed E-state index contributed by atoms with van der Waals surface area (Å²) in [6, 6.07) is 15.0. The van der Waals surface area contributed by atoms with Crippen LogP contribution in [0.2, 0.25) is 5.02 Å². The second-order valence-corrected chi connectivity index (χ2v) is 6.56. The molecule has 2 aromatic carbocycles. The van der Waals surface area contributed by atoms with Crippen LogP contribution in [0.4, 0.5) is 5.69 Å². The number of amides is 1. The first-order chi connectivity index (χ1) is 11.5. The number of hydrogen-bond donors (Lipinski definition) is 1. The zero-order valence-electron chi connectivity index (χ0n) is 13.3. The number of carbonyl (C=O) groups excluding carboxylic acids is 2. The molecule has 1 N–H and O–H groups in total. The lowest BCUT2D eigenvalue weighted by molar-refractivity contribution is -0.144. The molecular formula is C18H18ClNO3S. The van der Waals surface area contributed by atoms with Gasteiger partial charge >= 0.3 is 5.97 Å². The Kier molecular flexibility index (Phi) is 7.15. The lowest BCUT2D eigenvalue weighted by Crippen LogP contribution is -2.21. The fraction of sp³-hybridized carbons (Fsp3) is 0.222. The number of esters is 1. The number of aryl methyl sites for hydroxylation is 1. The van der Waals surface area contributed by atoms with Crippen LogP contribution in [0.5, 0.6) is 0 Å². The van der Waals surface area contributed by atoms with Gasteiger partial charge in [0.2, 0.25) is 0 Å². The molecule has 0 atom stereocenters. The molecular weight excluding hydrogens is 346 g/mol. The zero-order valence-corrected chi connectivity index (χ0v) is 14.8. The van der Waals surface area contributed by atoms with Gasteiger partial charge in [-0.15, -0.1) is 11.8 Å². The standard InChI is InChI=1S/C18H18ClNO3S/c1-13-6-8-14(9-7-13)11-24-12-18(22)23-10-17(21)20-16-5-3-2-4-15(16)19/h2-9H,10-12H2,1H3,(H,20,21). The Bertz CT molecular complexity index is 704. The molecule has 24 heavy (non-hydrogen) atoms. The van der Waals surface area contributed by atoms with E-state index in [4.69, 9.17) is 16.3 Å². The molecule has 0 fully saturated rings. The third kappa shape index (κ3) is 6.26. The van der Waals surface area contributed by atoms with Gasteiger partial charge in [-0.1, -0.05) is 53.6 Å². The van der Waals surface area contributed by atoms with E-state index in [9.17, 15) is 9.59 Å². The highest BCUT2D eigenvalue weighted by Gasteiger charge is 2.09. The highest BCUT2D eigenvalue weighted by Crippen LogP contribution is 2.20. The summed E-state index contributed by atoms with van der Waals surface area (Å²) in [7, 11) is 0. The molecule has 2 aromatic rings. The van der Waals surface area contributed by atoms with Gasteiger partial charge in [-0.3, -0.25) is 9.59 Å². The van der Waals surface area contributed by atoms with E-state index in [0.717, 1.165) is 11.3 Å². The summed E-state index contributed by atoms with van der Waals surface area (Å²) in [5.74, 6) is 0.0930. The lowest BCUT2D eigenvalue weighted by Gasteiger charge is -2.08. The number of ether oxygens (including phenoxy) is 1. The van der Waals surface area contributed by atoms with E-state index in [0.29, 0.717) is 10.7 Å². The van der Waals surface area contributed by atoms with Crippen molar-refractivity contribution < 1.29 is 14.3 Å². The van der Waals surface area contributed by atoms with Crippen LogP contribution >= 0.6 is 23.4 Å². The van der Waals surface area contributed by atoms with Gasteiger partial charge in [0.25, 0.3) is 5.91 Å². The molecule has 0 saturated heterocycles. The summed E-state index contributed by atoms with van der Waals surface area (Å²) in [5.41, 5.74) is 2.84. The fourth-order valence-corrected chi connectivity index (χ4v) is 2.84. The average Bonchev–Trinajstić information content (AvgIpc) is 2.57. The lowest BCUT2D eigenvalue weighted by atomic mass is 10.2. The van der Waals surface area contributed by atoms with Gasteiger partial charge in [0, 0.05) is 5.75 Å². The summed E-state index contributed by atoms with van der Waals surface area (Å²) < 4.78 is 4.96. The van der Waals surface area contributed by atoms with Crippen molar-refractivity contribution in [2.75, 3.05) is 17.7 Å². The predicted octanol–water partition coefficient (Wildman–Crippen LogP) is 4.06. The number of hydrogen-bond acceptors (Lipinski definition) is 4. The Morgan fingerprint density at radius 3 is 2.54 bits per heavy atom. The van der Waals surface area contributed by atoms with Crippen LogP contribution in [0.3, 0.4) is 0 Å². The molecule has 2 rings (SSSR count). The van der Waals surface area contributed by atoms with Crippen LogP contribution in [-0.4, -0.2) is 24.2 Å². The van der Waals surface area contributed by atoms with Crippen molar-refractivity contribution in [3.8, 4) is 0 Å². The normalized spacial score (nSPS) is 10.2. The summed E-state index contributed by atoms with van der Waals surface area (Å²) in [6.07, 6.45) is 0. The highest BCUT2D eigenvalue weighted by molar-refractivity contribution is 7.99. The Morgan fingerprint density at radius 1 is 1.12 bits per heavy atom. The van der Waals surface area contributed by atoms with Crippen LogP contribution in [0.25, 0.3) is 0 Å². The monoisotopic (exact) mass is 363 g/mol.